The van der Waals surface area contributed by atoms with Crippen molar-refractivity contribution in [3.63, 3.8) is 0 Å². The molecule has 5 heteroatoms. The summed E-state index contributed by atoms with van der Waals surface area (Å²) in [6, 6.07) is 0. The van der Waals surface area contributed by atoms with Crippen LogP contribution in [-0.2, 0) is 9.53 Å². The van der Waals surface area contributed by atoms with Gasteiger partial charge in [-0.3, -0.25) is 4.79 Å². The summed E-state index contributed by atoms with van der Waals surface area (Å²) >= 11 is 0. The lowest BCUT2D eigenvalue weighted by atomic mass is 9.81. The van der Waals surface area contributed by atoms with Gasteiger partial charge in [-0.25, -0.2) is 9.18 Å². The summed E-state index contributed by atoms with van der Waals surface area (Å²) in [4.78, 5) is 21.7. The van der Waals surface area contributed by atoms with Crippen LogP contribution in [0.4, 0.5) is 9.18 Å². The molecule has 1 fully saturated rings. The zero-order valence-corrected chi connectivity index (χ0v) is 9.22. The molecule has 0 saturated heterocycles. The van der Waals surface area contributed by atoms with Crippen LogP contribution in [0.3, 0.4) is 0 Å². The standard InChI is InChI=1S/C10H16FNO3/c1-9(2,3)15-8(14)12-6-10(11)4-7(13)5-10/h4-6H2,1-3H3,(H,12,14). The molecule has 1 aliphatic carbocycles. The summed E-state index contributed by atoms with van der Waals surface area (Å²) < 4.78 is 18.4. The van der Waals surface area contributed by atoms with Gasteiger partial charge in [0.2, 0.25) is 0 Å². The maximum Gasteiger partial charge on any atom is 0.407 e. The van der Waals surface area contributed by atoms with Gasteiger partial charge in [0.05, 0.1) is 6.54 Å². The monoisotopic (exact) mass is 217 g/mol. The molecule has 0 bridgehead atoms. The van der Waals surface area contributed by atoms with Gasteiger partial charge in [0.15, 0.2) is 0 Å². The highest BCUT2D eigenvalue weighted by atomic mass is 19.1. The van der Waals surface area contributed by atoms with Gasteiger partial charge in [-0.1, -0.05) is 0 Å². The third kappa shape index (κ3) is 3.85. The van der Waals surface area contributed by atoms with Crippen LogP contribution in [-0.4, -0.2) is 29.7 Å². The maximum atomic E-state index is 13.5. The SMILES string of the molecule is CC(C)(C)OC(=O)NCC1(F)CC(=O)C1. The average Bonchev–Trinajstić information content (AvgIpc) is 1.95. The normalized spacial score (nSPS) is 19.3. The number of halogens is 1. The van der Waals surface area contributed by atoms with Crippen LogP contribution in [0.15, 0.2) is 0 Å². The highest BCUT2D eigenvalue weighted by molar-refractivity contribution is 5.87. The largest absolute Gasteiger partial charge is 0.444 e. The number of carbonyl (C=O) groups is 2. The second kappa shape index (κ2) is 3.79. The van der Waals surface area contributed by atoms with Crippen LogP contribution in [0.2, 0.25) is 0 Å². The molecule has 1 aliphatic rings. The lowest BCUT2D eigenvalue weighted by molar-refractivity contribution is -0.134. The van der Waals surface area contributed by atoms with Crippen molar-refractivity contribution in [3.8, 4) is 0 Å². The van der Waals surface area contributed by atoms with E-state index in [1.807, 2.05) is 0 Å². The molecule has 0 atom stereocenters. The minimum absolute atomic E-state index is 0.108. The van der Waals surface area contributed by atoms with Gasteiger partial charge in [-0.15, -0.1) is 0 Å². The number of alkyl halides is 1. The highest BCUT2D eigenvalue weighted by Crippen LogP contribution is 2.31. The van der Waals surface area contributed by atoms with E-state index >= 15 is 0 Å². The Kier molecular flexibility index (Phi) is 3.02. The first kappa shape index (κ1) is 11.9. The minimum atomic E-state index is -1.56. The van der Waals surface area contributed by atoms with E-state index < -0.39 is 17.4 Å². The summed E-state index contributed by atoms with van der Waals surface area (Å²) in [5.74, 6) is -0.108. The predicted molar refractivity (Wildman–Crippen MR) is 52.3 cm³/mol. The lowest BCUT2D eigenvalue weighted by Crippen LogP contribution is -2.50. The molecule has 86 valence electrons. The van der Waals surface area contributed by atoms with Crippen molar-refractivity contribution < 1.29 is 18.7 Å². The van der Waals surface area contributed by atoms with Crippen LogP contribution in [0, 0.1) is 0 Å². The Hall–Kier alpha value is -1.13. The fourth-order valence-corrected chi connectivity index (χ4v) is 1.32. The fourth-order valence-electron chi connectivity index (χ4n) is 1.32. The van der Waals surface area contributed by atoms with Crippen LogP contribution in [0.1, 0.15) is 33.6 Å². The number of carbonyl (C=O) groups excluding carboxylic acids is 2. The quantitative estimate of drug-likeness (QED) is 0.764. The molecule has 1 N–H and O–H groups in total. The molecule has 4 nitrogen and oxygen atoms in total. The summed E-state index contributed by atoms with van der Waals surface area (Å²) in [5, 5.41) is 2.31. The lowest BCUT2D eigenvalue weighted by Gasteiger charge is -2.32. The molecule has 1 amide bonds. The van der Waals surface area contributed by atoms with Crippen molar-refractivity contribution in [2.75, 3.05) is 6.54 Å². The molecular weight excluding hydrogens is 201 g/mol. The zero-order valence-electron chi connectivity index (χ0n) is 9.22. The second-order valence-electron chi connectivity index (χ2n) is 4.90. The number of hydrogen-bond donors (Lipinski definition) is 1. The molecule has 0 heterocycles. The van der Waals surface area contributed by atoms with Crippen LogP contribution in [0.5, 0.6) is 0 Å². The Morgan fingerprint density at radius 1 is 1.53 bits per heavy atom. The molecule has 0 aromatic rings. The van der Waals surface area contributed by atoms with Gasteiger partial charge in [0.1, 0.15) is 17.1 Å². The predicted octanol–water partition coefficient (Wildman–Crippen LogP) is 1.58. The molecule has 1 saturated carbocycles. The van der Waals surface area contributed by atoms with Crippen molar-refractivity contribution in [1.29, 1.82) is 0 Å². The number of amides is 1. The molecule has 0 spiro atoms. The Morgan fingerprint density at radius 2 is 2.07 bits per heavy atom. The Labute approximate surface area is 88.2 Å². The second-order valence-corrected chi connectivity index (χ2v) is 4.90. The van der Waals surface area contributed by atoms with Crippen molar-refractivity contribution in [2.24, 2.45) is 0 Å². The number of alkyl carbamates (subject to hydrolysis) is 1. The molecule has 0 aromatic carbocycles. The summed E-state index contributed by atoms with van der Waals surface area (Å²) in [6.07, 6.45) is -0.870. The summed E-state index contributed by atoms with van der Waals surface area (Å²) in [5.41, 5.74) is -2.16. The first-order chi connectivity index (χ1) is 6.70. The molecular formula is C10H16FNO3. The third-order valence-corrected chi connectivity index (χ3v) is 1.98. The number of nitrogens with one attached hydrogen (secondary N) is 1. The van der Waals surface area contributed by atoms with E-state index in [2.05, 4.69) is 5.32 Å². The van der Waals surface area contributed by atoms with Gasteiger partial charge in [-0.05, 0) is 20.8 Å². The molecule has 1 rings (SSSR count). The van der Waals surface area contributed by atoms with Gasteiger partial charge in [-0.2, -0.15) is 0 Å². The Morgan fingerprint density at radius 3 is 2.47 bits per heavy atom. The number of ketones is 1. The van der Waals surface area contributed by atoms with Crippen LogP contribution >= 0.6 is 0 Å². The van der Waals surface area contributed by atoms with Gasteiger partial charge < -0.3 is 10.1 Å². The Balaban J connectivity index is 2.26. The number of Topliss-reactive ketones (excluding diaryl/α,β-unsaturated/α-hetero) is 1. The van der Waals surface area contributed by atoms with E-state index in [0.717, 1.165) is 0 Å². The highest BCUT2D eigenvalue weighted by Gasteiger charge is 2.44. The van der Waals surface area contributed by atoms with E-state index in [4.69, 9.17) is 4.74 Å². The number of rotatable bonds is 2. The first-order valence-electron chi connectivity index (χ1n) is 4.88. The smallest absolute Gasteiger partial charge is 0.407 e. The van der Waals surface area contributed by atoms with Crippen LogP contribution < -0.4 is 5.32 Å². The van der Waals surface area contributed by atoms with E-state index in [0.29, 0.717) is 0 Å². The van der Waals surface area contributed by atoms with E-state index in [1.54, 1.807) is 20.8 Å². The van der Waals surface area contributed by atoms with Crippen molar-refractivity contribution in [1.82, 2.24) is 5.32 Å². The topological polar surface area (TPSA) is 55.4 Å². The molecule has 0 aromatic heterocycles. The number of hydrogen-bond acceptors (Lipinski definition) is 3. The molecule has 15 heavy (non-hydrogen) atoms. The van der Waals surface area contributed by atoms with Gasteiger partial charge in [0.25, 0.3) is 0 Å². The molecule has 0 aliphatic heterocycles. The van der Waals surface area contributed by atoms with E-state index in [1.165, 1.54) is 0 Å². The maximum absolute atomic E-state index is 13.5. The number of ether oxygens (including phenoxy) is 1. The zero-order chi connectivity index (χ0) is 11.7. The van der Waals surface area contributed by atoms with E-state index in [9.17, 15) is 14.0 Å². The van der Waals surface area contributed by atoms with Crippen molar-refractivity contribution in [2.45, 2.75) is 44.9 Å². The minimum Gasteiger partial charge on any atom is -0.444 e. The van der Waals surface area contributed by atoms with Gasteiger partial charge >= 0.3 is 6.09 Å². The van der Waals surface area contributed by atoms with Gasteiger partial charge in [0, 0.05) is 12.8 Å². The first-order valence-corrected chi connectivity index (χ1v) is 4.88. The van der Waals surface area contributed by atoms with Crippen molar-refractivity contribution >= 4 is 11.9 Å². The fraction of sp³-hybridized carbons (Fsp3) is 0.800. The molecule has 0 radical (unpaired) electrons. The average molecular weight is 217 g/mol. The Bertz CT molecular complexity index is 275. The van der Waals surface area contributed by atoms with Crippen molar-refractivity contribution in [3.05, 3.63) is 0 Å². The molecule has 0 unspecified atom stereocenters. The third-order valence-electron chi connectivity index (χ3n) is 1.98. The van der Waals surface area contributed by atoms with E-state index in [-0.39, 0.29) is 25.2 Å². The summed E-state index contributed by atoms with van der Waals surface area (Å²) in [7, 11) is 0. The van der Waals surface area contributed by atoms with Crippen LogP contribution in [0.25, 0.3) is 0 Å². The summed E-state index contributed by atoms with van der Waals surface area (Å²) in [6.45, 7) is 5.02.